The Balaban J connectivity index is 1.60. The van der Waals surface area contributed by atoms with Gasteiger partial charge in [-0.15, -0.1) is 0 Å². The molecule has 1 amide bonds. The van der Waals surface area contributed by atoms with E-state index in [4.69, 9.17) is 9.26 Å². The molecule has 1 aromatic heterocycles. The van der Waals surface area contributed by atoms with Crippen molar-refractivity contribution in [3.05, 3.63) is 17.5 Å². The maximum atomic E-state index is 12.3. The fraction of sp³-hybridized carbons (Fsp3) is 0.765. The molecular formula is C17H26N2O3. The summed E-state index contributed by atoms with van der Waals surface area (Å²) in [7, 11) is 0. The Labute approximate surface area is 131 Å². The molecule has 0 radical (unpaired) electrons. The topological polar surface area (TPSA) is 64.4 Å². The zero-order chi connectivity index (χ0) is 15.6. The molecule has 22 heavy (non-hydrogen) atoms. The van der Waals surface area contributed by atoms with Crippen LogP contribution in [0, 0.1) is 12.3 Å². The van der Waals surface area contributed by atoms with Crippen molar-refractivity contribution in [1.82, 2.24) is 10.5 Å². The molecule has 1 spiro atoms. The molecule has 0 saturated heterocycles. The molecule has 0 aliphatic heterocycles. The molecule has 0 unspecified atom stereocenters. The molecule has 2 saturated carbocycles. The third-order valence-corrected chi connectivity index (χ3v) is 5.29. The molecule has 3 rings (SSSR count). The van der Waals surface area contributed by atoms with E-state index in [2.05, 4.69) is 17.4 Å². The third-order valence-electron chi connectivity index (χ3n) is 5.29. The second-order valence-corrected chi connectivity index (χ2v) is 6.70. The standard InChI is InChI=1S/C17H26N2O3/c1-3-21-15-11-14(17(15)7-5-4-6-8-17)18-16(20)10-13-9-12(2)22-19-13/h9,14-15H,3-8,10-11H2,1-2H3,(H,18,20)/t14-,15-/m1/s1. The van der Waals surface area contributed by atoms with E-state index in [0.717, 1.165) is 18.8 Å². The summed E-state index contributed by atoms with van der Waals surface area (Å²) < 4.78 is 10.9. The summed E-state index contributed by atoms with van der Waals surface area (Å²) in [5.74, 6) is 0.782. The summed E-state index contributed by atoms with van der Waals surface area (Å²) in [6.45, 7) is 4.64. The first kappa shape index (κ1) is 15.5. The molecule has 2 atom stereocenters. The van der Waals surface area contributed by atoms with E-state index in [1.165, 1.54) is 32.1 Å². The quantitative estimate of drug-likeness (QED) is 0.908. The van der Waals surface area contributed by atoms with Crippen LogP contribution in [0.4, 0.5) is 0 Å². The van der Waals surface area contributed by atoms with Gasteiger partial charge in [0.15, 0.2) is 0 Å². The van der Waals surface area contributed by atoms with Crippen LogP contribution in [-0.4, -0.2) is 29.8 Å². The number of ether oxygens (including phenoxy) is 1. The van der Waals surface area contributed by atoms with Gasteiger partial charge in [0.2, 0.25) is 5.91 Å². The minimum Gasteiger partial charge on any atom is -0.378 e. The van der Waals surface area contributed by atoms with Crippen molar-refractivity contribution in [3.63, 3.8) is 0 Å². The van der Waals surface area contributed by atoms with Crippen LogP contribution in [0.15, 0.2) is 10.6 Å². The summed E-state index contributed by atoms with van der Waals surface area (Å²) in [5.41, 5.74) is 0.872. The Morgan fingerprint density at radius 1 is 1.45 bits per heavy atom. The van der Waals surface area contributed by atoms with Crippen LogP contribution in [0.2, 0.25) is 0 Å². The molecule has 2 aliphatic rings. The average molecular weight is 306 g/mol. The van der Waals surface area contributed by atoms with E-state index in [9.17, 15) is 4.79 Å². The van der Waals surface area contributed by atoms with Gasteiger partial charge in [-0.05, 0) is 33.1 Å². The number of amides is 1. The van der Waals surface area contributed by atoms with E-state index in [0.29, 0.717) is 18.2 Å². The van der Waals surface area contributed by atoms with Crippen LogP contribution in [0.3, 0.4) is 0 Å². The summed E-state index contributed by atoms with van der Waals surface area (Å²) in [4.78, 5) is 12.3. The smallest absolute Gasteiger partial charge is 0.226 e. The van der Waals surface area contributed by atoms with Gasteiger partial charge >= 0.3 is 0 Å². The van der Waals surface area contributed by atoms with Crippen LogP contribution in [0.1, 0.15) is 56.9 Å². The van der Waals surface area contributed by atoms with E-state index < -0.39 is 0 Å². The van der Waals surface area contributed by atoms with Gasteiger partial charge in [0.25, 0.3) is 0 Å². The number of aromatic nitrogens is 1. The highest BCUT2D eigenvalue weighted by atomic mass is 16.5. The molecular weight excluding hydrogens is 280 g/mol. The molecule has 1 heterocycles. The number of nitrogens with zero attached hydrogens (tertiary/aromatic N) is 1. The largest absolute Gasteiger partial charge is 0.378 e. The SMILES string of the molecule is CCO[C@@H]1C[C@@H](NC(=O)Cc2cc(C)on2)C12CCCCC2. The van der Waals surface area contributed by atoms with E-state index in [1.807, 2.05) is 13.0 Å². The Bertz CT molecular complexity index is 520. The zero-order valence-corrected chi connectivity index (χ0v) is 13.6. The fourth-order valence-electron chi connectivity index (χ4n) is 4.18. The van der Waals surface area contributed by atoms with Crippen LogP contribution in [0.25, 0.3) is 0 Å². The fourth-order valence-corrected chi connectivity index (χ4v) is 4.18. The number of carbonyl (C=O) groups is 1. The number of hydrogen-bond donors (Lipinski definition) is 1. The van der Waals surface area contributed by atoms with Crippen LogP contribution >= 0.6 is 0 Å². The summed E-state index contributed by atoms with van der Waals surface area (Å²) in [6, 6.07) is 2.07. The first-order valence-electron chi connectivity index (χ1n) is 8.47. The lowest BCUT2D eigenvalue weighted by Crippen LogP contribution is -2.65. The summed E-state index contributed by atoms with van der Waals surface area (Å²) in [5, 5.41) is 7.12. The maximum absolute atomic E-state index is 12.3. The van der Waals surface area contributed by atoms with Crippen molar-refractivity contribution >= 4 is 5.91 Å². The first-order chi connectivity index (χ1) is 10.6. The van der Waals surface area contributed by atoms with Crippen molar-refractivity contribution in [2.24, 2.45) is 5.41 Å². The first-order valence-corrected chi connectivity index (χ1v) is 8.47. The molecule has 1 N–H and O–H groups in total. The minimum absolute atomic E-state index is 0.0400. The van der Waals surface area contributed by atoms with E-state index >= 15 is 0 Å². The van der Waals surface area contributed by atoms with Gasteiger partial charge in [0.05, 0.1) is 18.2 Å². The molecule has 122 valence electrons. The molecule has 2 fully saturated rings. The highest BCUT2D eigenvalue weighted by Gasteiger charge is 2.56. The number of aryl methyl sites for hydroxylation is 1. The van der Waals surface area contributed by atoms with Crippen molar-refractivity contribution in [2.45, 2.75) is 70.9 Å². The van der Waals surface area contributed by atoms with Crippen LogP contribution in [0.5, 0.6) is 0 Å². The lowest BCUT2D eigenvalue weighted by atomic mass is 9.55. The van der Waals surface area contributed by atoms with E-state index in [1.54, 1.807) is 0 Å². The van der Waals surface area contributed by atoms with Crippen molar-refractivity contribution in [3.8, 4) is 0 Å². The Morgan fingerprint density at radius 2 is 2.23 bits per heavy atom. The van der Waals surface area contributed by atoms with Crippen molar-refractivity contribution in [2.75, 3.05) is 6.61 Å². The molecule has 2 aliphatic carbocycles. The average Bonchev–Trinajstić information content (AvgIpc) is 2.92. The van der Waals surface area contributed by atoms with Crippen molar-refractivity contribution < 1.29 is 14.1 Å². The number of rotatable bonds is 5. The predicted octanol–water partition coefficient (Wildman–Crippen LogP) is 2.77. The lowest BCUT2D eigenvalue weighted by molar-refractivity contribution is -0.156. The van der Waals surface area contributed by atoms with Gasteiger partial charge in [-0.3, -0.25) is 4.79 Å². The Kier molecular flexibility index (Phi) is 4.52. The Hall–Kier alpha value is -1.36. The summed E-state index contributed by atoms with van der Waals surface area (Å²) in [6.07, 6.45) is 7.70. The molecule has 0 aromatic carbocycles. The third kappa shape index (κ3) is 2.91. The number of hydrogen-bond acceptors (Lipinski definition) is 4. The van der Waals surface area contributed by atoms with Gasteiger partial charge < -0.3 is 14.6 Å². The van der Waals surface area contributed by atoms with Crippen LogP contribution < -0.4 is 5.32 Å². The normalized spacial score (nSPS) is 26.6. The predicted molar refractivity (Wildman–Crippen MR) is 82.4 cm³/mol. The van der Waals surface area contributed by atoms with Crippen LogP contribution in [-0.2, 0) is 16.0 Å². The van der Waals surface area contributed by atoms with Gasteiger partial charge in [0, 0.05) is 24.1 Å². The minimum atomic E-state index is 0.0400. The monoisotopic (exact) mass is 306 g/mol. The van der Waals surface area contributed by atoms with E-state index in [-0.39, 0.29) is 17.4 Å². The second kappa shape index (κ2) is 6.41. The Morgan fingerprint density at radius 3 is 2.86 bits per heavy atom. The van der Waals surface area contributed by atoms with Gasteiger partial charge in [0.1, 0.15) is 5.76 Å². The lowest BCUT2D eigenvalue weighted by Gasteiger charge is -2.57. The van der Waals surface area contributed by atoms with Gasteiger partial charge in [-0.25, -0.2) is 0 Å². The number of nitrogens with one attached hydrogen (secondary N) is 1. The maximum Gasteiger partial charge on any atom is 0.226 e. The van der Waals surface area contributed by atoms with Crippen molar-refractivity contribution in [1.29, 1.82) is 0 Å². The highest BCUT2D eigenvalue weighted by molar-refractivity contribution is 5.78. The summed E-state index contributed by atoms with van der Waals surface area (Å²) >= 11 is 0. The molecule has 0 bridgehead atoms. The number of carbonyl (C=O) groups excluding carboxylic acids is 1. The zero-order valence-electron chi connectivity index (χ0n) is 13.6. The van der Waals surface area contributed by atoms with Gasteiger partial charge in [-0.1, -0.05) is 24.4 Å². The highest BCUT2D eigenvalue weighted by Crippen LogP contribution is 2.53. The second-order valence-electron chi connectivity index (χ2n) is 6.70. The molecule has 1 aromatic rings. The molecule has 5 heteroatoms. The molecule has 5 nitrogen and oxygen atoms in total. The van der Waals surface area contributed by atoms with Gasteiger partial charge in [-0.2, -0.15) is 0 Å².